The molecule has 0 radical (unpaired) electrons. The lowest BCUT2D eigenvalue weighted by Gasteiger charge is -2.46. The highest BCUT2D eigenvalue weighted by atomic mass is 19.1. The lowest BCUT2D eigenvalue weighted by molar-refractivity contribution is -0.148. The zero-order valence-corrected chi connectivity index (χ0v) is 17.7. The number of para-hydroxylation sites is 1. The van der Waals surface area contributed by atoms with Crippen molar-refractivity contribution < 1.29 is 27.8 Å². The van der Waals surface area contributed by atoms with Crippen LogP contribution in [-0.4, -0.2) is 59.7 Å². The van der Waals surface area contributed by atoms with E-state index in [0.29, 0.717) is 12.1 Å². The molecule has 0 amide bonds. The molecular weight excluding hydrogens is 421 g/mol. The molecule has 0 spiro atoms. The summed E-state index contributed by atoms with van der Waals surface area (Å²) in [4.78, 5) is 5.18. The first-order chi connectivity index (χ1) is 15.4. The number of aromatic nitrogens is 1. The number of ether oxygens (including phenoxy) is 2. The maximum Gasteiger partial charge on any atom is 0.169 e. The normalized spacial score (nSPS) is 22.5. The number of nitrogens with one attached hydrogen (secondary N) is 1. The molecule has 32 heavy (non-hydrogen) atoms. The molecule has 0 aliphatic carbocycles. The van der Waals surface area contributed by atoms with E-state index in [0.717, 1.165) is 28.6 Å². The van der Waals surface area contributed by atoms with Gasteiger partial charge in [-0.25, -0.2) is 13.2 Å². The van der Waals surface area contributed by atoms with Crippen LogP contribution in [0.1, 0.15) is 29.8 Å². The fourth-order valence-electron chi connectivity index (χ4n) is 4.88. The Balaban J connectivity index is 1.65. The van der Waals surface area contributed by atoms with Gasteiger partial charge in [-0.3, -0.25) is 4.90 Å². The molecule has 0 bridgehead atoms. The zero-order chi connectivity index (χ0) is 22.5. The van der Waals surface area contributed by atoms with Crippen LogP contribution in [-0.2, 0) is 11.2 Å². The number of H-pyrrole nitrogens is 1. The lowest BCUT2D eigenvalue weighted by Crippen LogP contribution is -2.57. The molecule has 1 fully saturated rings. The van der Waals surface area contributed by atoms with Gasteiger partial charge in [0.25, 0.3) is 0 Å². The number of hydrogen-bond donors (Lipinski definition) is 2. The number of benzene rings is 2. The largest absolute Gasteiger partial charge is 0.491 e. The number of aliphatic hydroxyl groups is 1. The Morgan fingerprint density at radius 2 is 1.94 bits per heavy atom. The van der Waals surface area contributed by atoms with E-state index in [1.54, 1.807) is 0 Å². The summed E-state index contributed by atoms with van der Waals surface area (Å²) in [5, 5.41) is 9.94. The minimum Gasteiger partial charge on any atom is -0.491 e. The van der Waals surface area contributed by atoms with E-state index in [4.69, 9.17) is 14.6 Å². The molecule has 2 N–H and O–H groups in total. The number of hydrogen-bond acceptors (Lipinski definition) is 4. The fraction of sp³-hybridized carbons (Fsp3) is 0.417. The average Bonchev–Trinajstić information content (AvgIpc) is 3.10. The quantitative estimate of drug-likeness (QED) is 0.603. The van der Waals surface area contributed by atoms with Gasteiger partial charge < -0.3 is 19.6 Å². The minimum absolute atomic E-state index is 0.000525. The maximum atomic E-state index is 15.4. The molecule has 0 unspecified atom stereocenters. The first-order valence-electron chi connectivity index (χ1n) is 10.7. The van der Waals surface area contributed by atoms with Crippen LogP contribution in [0.25, 0.3) is 10.9 Å². The number of fused-ring (bicyclic) bond motifs is 3. The molecule has 170 valence electrons. The van der Waals surface area contributed by atoms with Crippen molar-refractivity contribution in [3.8, 4) is 5.75 Å². The van der Waals surface area contributed by atoms with Gasteiger partial charge in [-0.2, -0.15) is 0 Å². The molecule has 3 aromatic rings. The van der Waals surface area contributed by atoms with Gasteiger partial charge >= 0.3 is 0 Å². The summed E-state index contributed by atoms with van der Waals surface area (Å²) in [6, 6.07) is 8.99. The maximum absolute atomic E-state index is 15.4. The minimum atomic E-state index is -1.55. The molecule has 2 aromatic carbocycles. The Morgan fingerprint density at radius 1 is 1.22 bits per heavy atom. The molecule has 8 heteroatoms. The van der Waals surface area contributed by atoms with Gasteiger partial charge in [0, 0.05) is 46.9 Å². The van der Waals surface area contributed by atoms with Crippen LogP contribution in [0.4, 0.5) is 13.2 Å². The van der Waals surface area contributed by atoms with Crippen molar-refractivity contribution in [2.75, 3.05) is 33.0 Å². The van der Waals surface area contributed by atoms with E-state index in [1.165, 1.54) is 0 Å². The Morgan fingerprint density at radius 3 is 2.59 bits per heavy atom. The van der Waals surface area contributed by atoms with Crippen LogP contribution >= 0.6 is 0 Å². The van der Waals surface area contributed by atoms with E-state index in [9.17, 15) is 0 Å². The topological polar surface area (TPSA) is 57.7 Å². The Hall–Kier alpha value is -2.55. The van der Waals surface area contributed by atoms with Gasteiger partial charge in [0.1, 0.15) is 24.0 Å². The standard InChI is InChI=1S/C24H25F3N2O3/c1-14-8-17-16-4-2-3-5-20(16)28-22(17)23(29(14)11-24(27)12-31-13-24)21-18(25)9-15(10-19(21)26)32-7-6-30/h2-5,9-10,14,23,28,30H,6-8,11-13H2,1H3/t14-,23-/m1/s1. The summed E-state index contributed by atoms with van der Waals surface area (Å²) in [6.45, 7) is 1.58. The second-order valence-corrected chi connectivity index (χ2v) is 8.71. The zero-order valence-electron chi connectivity index (χ0n) is 17.7. The number of alkyl halides is 1. The van der Waals surface area contributed by atoms with Crippen LogP contribution in [0.5, 0.6) is 5.75 Å². The van der Waals surface area contributed by atoms with E-state index < -0.39 is 23.3 Å². The summed E-state index contributed by atoms with van der Waals surface area (Å²) >= 11 is 0. The molecule has 2 aliphatic rings. The third-order valence-corrected chi connectivity index (χ3v) is 6.39. The first kappa shape index (κ1) is 21.3. The second kappa shape index (κ2) is 8.10. The van der Waals surface area contributed by atoms with Gasteiger partial charge in [0.15, 0.2) is 5.67 Å². The second-order valence-electron chi connectivity index (χ2n) is 8.71. The van der Waals surface area contributed by atoms with Crippen molar-refractivity contribution in [2.45, 2.75) is 31.1 Å². The highest BCUT2D eigenvalue weighted by Crippen LogP contribution is 2.44. The summed E-state index contributed by atoms with van der Waals surface area (Å²) in [6.07, 6.45) is 0.633. The number of aliphatic hydroxyl groups excluding tert-OH is 1. The Labute approximate surface area is 183 Å². The van der Waals surface area contributed by atoms with Crippen molar-refractivity contribution in [2.24, 2.45) is 0 Å². The Bertz CT molecular complexity index is 1120. The van der Waals surface area contributed by atoms with Crippen LogP contribution in [0.15, 0.2) is 36.4 Å². The molecular formula is C24H25F3N2O3. The molecule has 3 heterocycles. The highest BCUT2D eigenvalue weighted by molar-refractivity contribution is 5.85. The van der Waals surface area contributed by atoms with Gasteiger partial charge in [0.2, 0.25) is 0 Å². The SMILES string of the molecule is C[C@@H]1Cc2c([nH]c3ccccc23)[C@@H](c2c(F)cc(OCCO)cc2F)N1CC1(F)COC1. The third kappa shape index (κ3) is 3.56. The fourth-order valence-corrected chi connectivity index (χ4v) is 4.88. The smallest absolute Gasteiger partial charge is 0.169 e. The molecule has 1 saturated heterocycles. The molecule has 0 saturated carbocycles. The predicted octanol–water partition coefficient (Wildman–Crippen LogP) is 3.89. The van der Waals surface area contributed by atoms with Crippen molar-refractivity contribution in [3.05, 3.63) is 64.9 Å². The van der Waals surface area contributed by atoms with Crippen LogP contribution in [0.3, 0.4) is 0 Å². The van der Waals surface area contributed by atoms with Gasteiger partial charge in [-0.05, 0) is 25.0 Å². The monoisotopic (exact) mass is 446 g/mol. The Kier molecular flexibility index (Phi) is 5.39. The number of rotatable bonds is 6. The molecule has 2 atom stereocenters. The van der Waals surface area contributed by atoms with E-state index >= 15 is 13.2 Å². The summed E-state index contributed by atoms with van der Waals surface area (Å²) in [5.41, 5.74) is 0.848. The van der Waals surface area contributed by atoms with Crippen LogP contribution in [0.2, 0.25) is 0 Å². The third-order valence-electron chi connectivity index (χ3n) is 6.39. The van der Waals surface area contributed by atoms with Gasteiger partial charge in [0.05, 0.1) is 25.9 Å². The molecule has 5 rings (SSSR count). The number of halogens is 3. The van der Waals surface area contributed by atoms with E-state index in [2.05, 4.69) is 4.98 Å². The molecule has 1 aromatic heterocycles. The van der Waals surface area contributed by atoms with Crippen molar-refractivity contribution in [1.29, 1.82) is 0 Å². The molecule has 5 nitrogen and oxygen atoms in total. The van der Waals surface area contributed by atoms with Crippen molar-refractivity contribution in [1.82, 2.24) is 9.88 Å². The predicted molar refractivity (Wildman–Crippen MR) is 114 cm³/mol. The van der Waals surface area contributed by atoms with Gasteiger partial charge in [-0.1, -0.05) is 18.2 Å². The molecule has 2 aliphatic heterocycles. The number of aromatic amines is 1. The lowest BCUT2D eigenvalue weighted by atomic mass is 9.86. The van der Waals surface area contributed by atoms with E-state index in [-0.39, 0.29) is 50.3 Å². The highest BCUT2D eigenvalue weighted by Gasteiger charge is 2.46. The van der Waals surface area contributed by atoms with E-state index in [1.807, 2.05) is 36.1 Å². The summed E-state index contributed by atoms with van der Waals surface area (Å²) in [5.74, 6) is -1.55. The summed E-state index contributed by atoms with van der Waals surface area (Å²) in [7, 11) is 0. The van der Waals surface area contributed by atoms with Gasteiger partial charge in [-0.15, -0.1) is 0 Å². The number of nitrogens with zero attached hydrogens (tertiary/aromatic N) is 1. The van der Waals surface area contributed by atoms with Crippen molar-refractivity contribution in [3.63, 3.8) is 0 Å². The van der Waals surface area contributed by atoms with Crippen LogP contribution < -0.4 is 4.74 Å². The summed E-state index contributed by atoms with van der Waals surface area (Å²) < 4.78 is 56.1. The van der Waals surface area contributed by atoms with Crippen LogP contribution in [0, 0.1) is 11.6 Å². The first-order valence-corrected chi connectivity index (χ1v) is 10.7. The van der Waals surface area contributed by atoms with Crippen molar-refractivity contribution >= 4 is 10.9 Å². The average molecular weight is 446 g/mol.